The van der Waals surface area contributed by atoms with Crippen molar-refractivity contribution in [3.8, 4) is 11.1 Å². The third-order valence-corrected chi connectivity index (χ3v) is 11.5. The third-order valence-electron chi connectivity index (χ3n) is 7.48. The monoisotopic (exact) mass is 666 g/mol. The van der Waals surface area contributed by atoms with Gasteiger partial charge in [0.1, 0.15) is 5.30 Å². The van der Waals surface area contributed by atoms with Crippen molar-refractivity contribution in [2.45, 2.75) is 131 Å². The van der Waals surface area contributed by atoms with Gasteiger partial charge in [0.15, 0.2) is 0 Å². The summed E-state index contributed by atoms with van der Waals surface area (Å²) in [5.41, 5.74) is 8.94. The molecule has 0 nitrogen and oxygen atoms in total. The zero-order valence-electron chi connectivity index (χ0n) is 28.8. The third kappa shape index (κ3) is 11.1. The molecule has 41 heavy (non-hydrogen) atoms. The Morgan fingerprint density at radius 2 is 1.07 bits per heavy atom. The van der Waals surface area contributed by atoms with E-state index < -0.39 is 7.92 Å². The maximum atomic E-state index is 2.49. The quantitative estimate of drug-likeness (QED) is 0.134. The van der Waals surface area contributed by atoms with Gasteiger partial charge in [-0.3, -0.25) is 0 Å². The molecule has 0 fully saturated rings. The van der Waals surface area contributed by atoms with E-state index in [-0.39, 0.29) is 38.2 Å². The van der Waals surface area contributed by atoms with Gasteiger partial charge in [0.2, 0.25) is 0 Å². The van der Waals surface area contributed by atoms with Gasteiger partial charge in [0.25, 0.3) is 0 Å². The minimum atomic E-state index is -0.840. The van der Waals surface area contributed by atoms with E-state index in [1.807, 2.05) is 0 Å². The molecule has 0 radical (unpaired) electrons. The van der Waals surface area contributed by atoms with Crippen LogP contribution >= 0.6 is 7.92 Å². The predicted octanol–water partition coefficient (Wildman–Crippen LogP) is 12.2. The summed E-state index contributed by atoms with van der Waals surface area (Å²) in [6.45, 7) is 30.9. The molecule has 0 N–H and O–H groups in total. The van der Waals surface area contributed by atoms with E-state index in [0.717, 1.165) is 0 Å². The predicted molar refractivity (Wildman–Crippen MR) is 188 cm³/mol. The first-order chi connectivity index (χ1) is 18.1. The van der Waals surface area contributed by atoms with Crippen molar-refractivity contribution in [1.29, 1.82) is 0 Å². The molecule has 3 aromatic carbocycles. The van der Waals surface area contributed by atoms with Gasteiger partial charge < -0.3 is 7.43 Å². The maximum absolute atomic E-state index is 2.49. The molecule has 0 amide bonds. The van der Waals surface area contributed by atoms with Crippen molar-refractivity contribution in [2.24, 2.45) is 0 Å². The van der Waals surface area contributed by atoms with Crippen LogP contribution in [0.15, 0.2) is 66.7 Å². The summed E-state index contributed by atoms with van der Waals surface area (Å²) >= 11 is 0. The molecule has 0 spiro atoms. The molecule has 0 aliphatic rings. The molecule has 3 aromatic rings. The number of aryl methyl sites for hydroxylation is 1. The van der Waals surface area contributed by atoms with Gasteiger partial charge in [-0.15, -0.1) is 0 Å². The second kappa shape index (κ2) is 17.1. The van der Waals surface area contributed by atoms with Crippen LogP contribution in [0.1, 0.15) is 136 Å². The Bertz CT molecular complexity index is 1120. The van der Waals surface area contributed by atoms with Crippen LogP contribution in [-0.4, -0.2) is 10.3 Å². The van der Waals surface area contributed by atoms with Crippen molar-refractivity contribution in [3.05, 3.63) is 96.4 Å². The molecule has 0 bridgehead atoms. The van der Waals surface area contributed by atoms with Crippen LogP contribution in [0.4, 0.5) is 0 Å². The zero-order valence-corrected chi connectivity index (χ0v) is 31.4. The molecule has 0 saturated carbocycles. The smallest absolute Gasteiger partial charge is 0.358 e. The van der Waals surface area contributed by atoms with Gasteiger partial charge in [-0.2, -0.15) is 0 Å². The molecule has 0 aliphatic carbocycles. The first-order valence-corrected chi connectivity index (χ1v) is 16.8. The molecule has 0 heterocycles. The van der Waals surface area contributed by atoms with E-state index in [0.29, 0.717) is 17.8 Å². The van der Waals surface area contributed by atoms with Gasteiger partial charge in [-0.05, 0) is 99.6 Å². The maximum Gasteiger partial charge on any atom is 2.00 e. The second-order valence-corrected chi connectivity index (χ2v) is 18.5. The van der Waals surface area contributed by atoms with E-state index in [1.54, 1.807) is 5.30 Å². The Hall–Kier alpha value is -1.25. The van der Waals surface area contributed by atoms with E-state index >= 15 is 0 Å². The van der Waals surface area contributed by atoms with Crippen molar-refractivity contribution >= 4 is 13.2 Å². The average Bonchev–Trinajstić information content (AvgIpc) is 2.83. The van der Waals surface area contributed by atoms with Crippen molar-refractivity contribution in [3.63, 3.8) is 0 Å². The summed E-state index contributed by atoms with van der Waals surface area (Å²) < 4.78 is 0. The van der Waals surface area contributed by atoms with Crippen LogP contribution in [0.5, 0.6) is 0 Å². The number of hydrogen-bond donors (Lipinski definition) is 0. The van der Waals surface area contributed by atoms with Crippen LogP contribution in [-0.2, 0) is 26.8 Å². The van der Waals surface area contributed by atoms with Crippen molar-refractivity contribution in [2.75, 3.05) is 0 Å². The minimum Gasteiger partial charge on any atom is -0.358 e. The van der Waals surface area contributed by atoms with Gasteiger partial charge >= 0.3 is 20.4 Å². The largest absolute Gasteiger partial charge is 2.00 e. The summed E-state index contributed by atoms with van der Waals surface area (Å²) in [7, 11) is -0.840. The Kier molecular flexibility index (Phi) is 16.6. The van der Waals surface area contributed by atoms with Gasteiger partial charge in [-0.1, -0.05) is 116 Å². The summed E-state index contributed by atoms with van der Waals surface area (Å²) in [5, 5.41) is 2.17. The molecule has 230 valence electrons. The summed E-state index contributed by atoms with van der Waals surface area (Å²) in [4.78, 5) is 0. The number of rotatable bonds is 7. The summed E-state index contributed by atoms with van der Waals surface area (Å²) in [6, 6.07) is 24.9. The summed E-state index contributed by atoms with van der Waals surface area (Å²) in [6.07, 6.45) is 2.45. The molecule has 0 aliphatic heterocycles. The van der Waals surface area contributed by atoms with Crippen LogP contribution in [0, 0.1) is 7.43 Å². The van der Waals surface area contributed by atoms with Crippen molar-refractivity contribution < 1.29 is 20.4 Å². The first kappa shape index (κ1) is 39.8. The zero-order chi connectivity index (χ0) is 29.5. The molecule has 0 atom stereocenters. The Balaban J connectivity index is 0.00000124. The second-order valence-electron chi connectivity index (χ2n) is 14.2. The van der Waals surface area contributed by atoms with E-state index in [4.69, 9.17) is 0 Å². The van der Waals surface area contributed by atoms with Gasteiger partial charge in [0, 0.05) is 13.5 Å². The SMILES string of the molecule is CC(C)c1cc(C(C)C)c(-c2ccccc2[PH+](C(C)(C)C)C(C)(C)C)c(C(C)C)c1.CCCc1ccccc1.[CH3-].[Pd+2]. The van der Waals surface area contributed by atoms with Gasteiger partial charge in [0.05, 0.1) is 10.3 Å². The van der Waals surface area contributed by atoms with Crippen LogP contribution in [0.25, 0.3) is 11.1 Å². The fourth-order valence-electron chi connectivity index (χ4n) is 6.05. The van der Waals surface area contributed by atoms with Crippen LogP contribution in [0.2, 0.25) is 0 Å². The molecular formula is C39H61PPd+2. The fraction of sp³-hybridized carbons (Fsp3) is 0.513. The van der Waals surface area contributed by atoms with Gasteiger partial charge in [-0.25, -0.2) is 0 Å². The number of benzene rings is 3. The van der Waals surface area contributed by atoms with Crippen molar-refractivity contribution in [1.82, 2.24) is 0 Å². The topological polar surface area (TPSA) is 0 Å². The Morgan fingerprint density at radius 1 is 0.634 bits per heavy atom. The number of hydrogen-bond acceptors (Lipinski definition) is 0. The molecular weight excluding hydrogens is 606 g/mol. The summed E-state index contributed by atoms with van der Waals surface area (Å²) in [5.74, 6) is 1.56. The first-order valence-electron chi connectivity index (χ1n) is 15.3. The Labute approximate surface area is 270 Å². The van der Waals surface area contributed by atoms with Crippen LogP contribution in [0.3, 0.4) is 0 Å². The minimum absolute atomic E-state index is 0. The molecule has 3 rings (SSSR count). The molecule has 0 aromatic heterocycles. The molecule has 2 heteroatoms. The normalized spacial score (nSPS) is 11.7. The molecule has 0 unspecified atom stereocenters. The van der Waals surface area contributed by atoms with E-state index in [2.05, 4.69) is 157 Å². The van der Waals surface area contributed by atoms with Crippen LogP contribution < -0.4 is 5.30 Å². The molecule has 0 saturated heterocycles. The van der Waals surface area contributed by atoms with E-state index in [1.165, 1.54) is 46.2 Å². The average molecular weight is 667 g/mol. The fourth-order valence-corrected chi connectivity index (χ4v) is 10.7. The Morgan fingerprint density at radius 3 is 1.46 bits per heavy atom. The van der Waals surface area contributed by atoms with E-state index in [9.17, 15) is 0 Å². The standard InChI is InChI=1S/C29H45P.C9H12.CH3.Pd/c1-19(2)22-17-24(20(3)4)27(25(18-22)21(5)6)23-15-13-14-16-26(23)30(28(7,8)9)29(10,11)12;1-2-6-9-7-4-3-5-8-9;;/h13-21H,1-12H3;3-5,7-8H,2,6H2,1H3;1H3;/q;;-1;+2/p+1.